The van der Waals surface area contributed by atoms with Crippen LogP contribution in [0.25, 0.3) is 11.4 Å². The first-order valence-electron chi connectivity index (χ1n) is 5.82. The number of hydrazine groups is 1. The minimum Gasteiger partial charge on any atom is -0.289 e. The molecule has 2 rings (SSSR count). The Morgan fingerprint density at radius 1 is 1.32 bits per heavy atom. The number of hydrogen-bond acceptors (Lipinski definition) is 5. The summed E-state index contributed by atoms with van der Waals surface area (Å²) in [5.74, 6) is 0.686. The van der Waals surface area contributed by atoms with Gasteiger partial charge in [0, 0.05) is 19.2 Å². The molecule has 2 N–H and O–H groups in total. The quantitative estimate of drug-likeness (QED) is 0.829. The zero-order chi connectivity index (χ0) is 13.8. The maximum atomic E-state index is 11.8. The zero-order valence-electron chi connectivity index (χ0n) is 10.6. The van der Waals surface area contributed by atoms with E-state index in [-0.39, 0.29) is 5.95 Å². The Labute approximate surface area is 115 Å². The molecule has 1 aromatic heterocycles. The van der Waals surface area contributed by atoms with Crippen molar-refractivity contribution in [2.45, 2.75) is 6.92 Å². The van der Waals surface area contributed by atoms with Crippen LogP contribution in [0.1, 0.15) is 6.92 Å². The van der Waals surface area contributed by atoms with Crippen LogP contribution in [0.2, 0.25) is 5.02 Å². The second kappa shape index (κ2) is 5.81. The van der Waals surface area contributed by atoms with Crippen molar-refractivity contribution in [2.24, 2.45) is 7.05 Å². The highest BCUT2D eigenvalue weighted by Crippen LogP contribution is 2.24. The Bertz CT molecular complexity index is 640. The molecule has 0 bridgehead atoms. The smallest absolute Gasteiger partial charge is 0.289 e. The van der Waals surface area contributed by atoms with Gasteiger partial charge in [-0.05, 0) is 12.1 Å². The van der Waals surface area contributed by atoms with Crippen LogP contribution < -0.4 is 16.5 Å². The van der Waals surface area contributed by atoms with E-state index in [0.717, 1.165) is 0 Å². The van der Waals surface area contributed by atoms with E-state index in [9.17, 15) is 4.79 Å². The standard InChI is InChI=1S/C12H14ClN5O/c1-3-14-17-11-15-10(18(2)12(19)16-11)8-6-4-5-7-9(8)13/h4-7,14H,3H2,1-2H3,(H,16,17,19). The van der Waals surface area contributed by atoms with Gasteiger partial charge in [0.15, 0.2) is 0 Å². The molecule has 6 nitrogen and oxygen atoms in total. The van der Waals surface area contributed by atoms with Gasteiger partial charge in [0.2, 0.25) is 5.95 Å². The van der Waals surface area contributed by atoms with Crippen molar-refractivity contribution in [3.63, 3.8) is 0 Å². The maximum absolute atomic E-state index is 11.8. The van der Waals surface area contributed by atoms with Gasteiger partial charge in [-0.2, -0.15) is 9.97 Å². The molecule has 19 heavy (non-hydrogen) atoms. The first kappa shape index (κ1) is 13.5. The number of rotatable bonds is 4. The predicted molar refractivity (Wildman–Crippen MR) is 75.0 cm³/mol. The van der Waals surface area contributed by atoms with E-state index in [1.165, 1.54) is 4.57 Å². The summed E-state index contributed by atoms with van der Waals surface area (Å²) in [6.07, 6.45) is 0. The molecule has 0 saturated heterocycles. The van der Waals surface area contributed by atoms with Crippen LogP contribution in [0.3, 0.4) is 0 Å². The van der Waals surface area contributed by atoms with E-state index in [1.807, 2.05) is 19.1 Å². The van der Waals surface area contributed by atoms with Crippen molar-refractivity contribution in [2.75, 3.05) is 12.0 Å². The minimum atomic E-state index is -0.398. The van der Waals surface area contributed by atoms with Crippen molar-refractivity contribution in [1.82, 2.24) is 20.0 Å². The largest absolute Gasteiger partial charge is 0.352 e. The summed E-state index contributed by atoms with van der Waals surface area (Å²) in [5.41, 5.74) is 5.90. The van der Waals surface area contributed by atoms with Crippen molar-refractivity contribution in [1.29, 1.82) is 0 Å². The van der Waals surface area contributed by atoms with Gasteiger partial charge in [-0.3, -0.25) is 9.99 Å². The highest BCUT2D eigenvalue weighted by molar-refractivity contribution is 6.33. The topological polar surface area (TPSA) is 71.8 Å². The Morgan fingerprint density at radius 2 is 2.05 bits per heavy atom. The lowest BCUT2D eigenvalue weighted by Gasteiger charge is -2.10. The summed E-state index contributed by atoms with van der Waals surface area (Å²) >= 11 is 6.13. The molecule has 100 valence electrons. The normalized spacial score (nSPS) is 10.5. The van der Waals surface area contributed by atoms with E-state index in [0.29, 0.717) is 23.0 Å². The SMILES string of the molecule is CCNNc1nc(-c2ccccc2Cl)n(C)c(=O)n1. The van der Waals surface area contributed by atoms with Crippen LogP contribution in [0, 0.1) is 0 Å². The Balaban J connectivity index is 2.53. The molecule has 0 radical (unpaired) electrons. The maximum Gasteiger partial charge on any atom is 0.352 e. The molecule has 0 aliphatic heterocycles. The van der Waals surface area contributed by atoms with Gasteiger partial charge in [-0.15, -0.1) is 0 Å². The fourth-order valence-electron chi connectivity index (χ4n) is 1.56. The van der Waals surface area contributed by atoms with Crippen molar-refractivity contribution < 1.29 is 0 Å². The van der Waals surface area contributed by atoms with E-state index in [1.54, 1.807) is 19.2 Å². The van der Waals surface area contributed by atoms with E-state index in [2.05, 4.69) is 20.8 Å². The van der Waals surface area contributed by atoms with Crippen LogP contribution in [-0.2, 0) is 7.05 Å². The van der Waals surface area contributed by atoms with Crippen LogP contribution in [0.5, 0.6) is 0 Å². The highest BCUT2D eigenvalue weighted by Gasteiger charge is 2.11. The lowest BCUT2D eigenvalue weighted by Crippen LogP contribution is -2.29. The van der Waals surface area contributed by atoms with Gasteiger partial charge in [-0.1, -0.05) is 30.7 Å². The lowest BCUT2D eigenvalue weighted by molar-refractivity contribution is 0.760. The zero-order valence-corrected chi connectivity index (χ0v) is 11.4. The molecular weight excluding hydrogens is 266 g/mol. The summed E-state index contributed by atoms with van der Waals surface area (Å²) in [4.78, 5) is 19.9. The molecule has 0 saturated carbocycles. The van der Waals surface area contributed by atoms with E-state index in [4.69, 9.17) is 11.6 Å². The number of halogens is 1. The number of aromatic nitrogens is 3. The number of nitrogens with one attached hydrogen (secondary N) is 2. The number of hydrogen-bond donors (Lipinski definition) is 2. The third-order valence-electron chi connectivity index (χ3n) is 2.51. The average Bonchev–Trinajstić information content (AvgIpc) is 2.41. The molecule has 7 heteroatoms. The summed E-state index contributed by atoms with van der Waals surface area (Å²) in [7, 11) is 1.61. The summed E-state index contributed by atoms with van der Waals surface area (Å²) in [6, 6.07) is 7.22. The van der Waals surface area contributed by atoms with Crippen molar-refractivity contribution >= 4 is 17.5 Å². The molecule has 0 unspecified atom stereocenters. The second-order valence-corrected chi connectivity index (χ2v) is 4.25. The van der Waals surface area contributed by atoms with Gasteiger partial charge in [-0.25, -0.2) is 10.2 Å². The Kier molecular flexibility index (Phi) is 4.13. The highest BCUT2D eigenvalue weighted by atomic mass is 35.5. The third kappa shape index (κ3) is 2.91. The van der Waals surface area contributed by atoms with Crippen molar-refractivity contribution in [3.8, 4) is 11.4 Å². The van der Waals surface area contributed by atoms with Gasteiger partial charge in [0.25, 0.3) is 0 Å². The van der Waals surface area contributed by atoms with Crippen LogP contribution >= 0.6 is 11.6 Å². The van der Waals surface area contributed by atoms with Gasteiger partial charge >= 0.3 is 5.69 Å². The molecule has 2 aromatic rings. The monoisotopic (exact) mass is 279 g/mol. The van der Waals surface area contributed by atoms with Gasteiger partial charge in [0.1, 0.15) is 5.82 Å². The molecule has 0 aliphatic rings. The van der Waals surface area contributed by atoms with E-state index >= 15 is 0 Å². The molecule has 0 aliphatic carbocycles. The fourth-order valence-corrected chi connectivity index (χ4v) is 1.78. The average molecular weight is 280 g/mol. The van der Waals surface area contributed by atoms with Crippen LogP contribution in [0.4, 0.5) is 5.95 Å². The molecule has 0 fully saturated rings. The van der Waals surface area contributed by atoms with Gasteiger partial charge < -0.3 is 0 Å². The first-order valence-corrected chi connectivity index (χ1v) is 6.20. The fraction of sp³-hybridized carbons (Fsp3) is 0.250. The minimum absolute atomic E-state index is 0.222. The summed E-state index contributed by atoms with van der Waals surface area (Å²) in [5, 5.41) is 0.533. The Morgan fingerprint density at radius 3 is 2.74 bits per heavy atom. The molecule has 1 heterocycles. The third-order valence-corrected chi connectivity index (χ3v) is 2.84. The molecule has 1 aromatic carbocycles. The Hall–Kier alpha value is -1.92. The van der Waals surface area contributed by atoms with Gasteiger partial charge in [0.05, 0.1) is 5.02 Å². The molecule has 0 amide bonds. The number of benzene rings is 1. The number of nitrogens with zero attached hydrogens (tertiary/aromatic N) is 3. The molecular formula is C12H14ClN5O. The first-order chi connectivity index (χ1) is 9.13. The summed E-state index contributed by atoms with van der Waals surface area (Å²) in [6.45, 7) is 2.60. The molecule has 0 spiro atoms. The predicted octanol–water partition coefficient (Wildman–Crippen LogP) is 1.43. The van der Waals surface area contributed by atoms with E-state index < -0.39 is 5.69 Å². The number of anilines is 1. The second-order valence-electron chi connectivity index (χ2n) is 3.85. The molecule has 0 atom stereocenters. The summed E-state index contributed by atoms with van der Waals surface area (Å²) < 4.78 is 1.36. The van der Waals surface area contributed by atoms with Crippen molar-refractivity contribution in [3.05, 3.63) is 39.8 Å². The van der Waals surface area contributed by atoms with Crippen LogP contribution in [-0.4, -0.2) is 21.1 Å². The van der Waals surface area contributed by atoms with Crippen LogP contribution in [0.15, 0.2) is 29.1 Å². The lowest BCUT2D eigenvalue weighted by atomic mass is 10.2.